The molecule has 1 fully saturated rings. The minimum absolute atomic E-state index is 0.155. The molecule has 1 aliphatic heterocycles. The van der Waals surface area contributed by atoms with Crippen LogP contribution in [-0.4, -0.2) is 81.8 Å². The number of aliphatic hydroxyl groups excluding tert-OH is 3. The highest BCUT2D eigenvalue weighted by molar-refractivity contribution is 6.51. The SMILES string of the molecule is Cc1ccc(CN(C)CC(O)C2O[B-](O)(O)OC2C(O)CO)cc1. The summed E-state index contributed by atoms with van der Waals surface area (Å²) < 4.78 is 9.73. The second-order valence-electron chi connectivity index (χ2n) is 6.33. The Morgan fingerprint density at radius 2 is 1.62 bits per heavy atom. The molecule has 2 rings (SSSR count). The van der Waals surface area contributed by atoms with Crippen molar-refractivity contribution in [2.75, 3.05) is 20.2 Å². The van der Waals surface area contributed by atoms with Crippen LogP contribution in [0.4, 0.5) is 0 Å². The summed E-state index contributed by atoms with van der Waals surface area (Å²) in [6, 6.07) is 7.97. The number of hydrogen-bond acceptors (Lipinski definition) is 8. The molecule has 0 bridgehead atoms. The zero-order valence-electron chi connectivity index (χ0n) is 13.8. The molecule has 0 spiro atoms. The summed E-state index contributed by atoms with van der Waals surface area (Å²) in [5.74, 6) is 0. The Hall–Kier alpha value is -1.04. The van der Waals surface area contributed by atoms with Crippen molar-refractivity contribution in [2.24, 2.45) is 0 Å². The predicted octanol–water partition coefficient (Wildman–Crippen LogP) is -1.65. The van der Waals surface area contributed by atoms with Gasteiger partial charge in [0.15, 0.2) is 0 Å². The van der Waals surface area contributed by atoms with Gasteiger partial charge in [0.2, 0.25) is 0 Å². The average molecular weight is 342 g/mol. The molecule has 136 valence electrons. The molecule has 0 radical (unpaired) electrons. The van der Waals surface area contributed by atoms with Crippen LogP contribution in [0.3, 0.4) is 0 Å². The highest BCUT2D eigenvalue weighted by Gasteiger charge is 2.47. The van der Waals surface area contributed by atoms with E-state index in [1.54, 1.807) is 7.05 Å². The molecule has 1 aromatic rings. The molecule has 0 amide bonds. The number of nitrogens with zero attached hydrogens (tertiary/aromatic N) is 1. The minimum Gasteiger partial charge on any atom is -0.533 e. The molecule has 0 saturated carbocycles. The first kappa shape index (κ1) is 19.3. The standard InChI is InChI=1S/C15H25BNO7/c1-10-3-5-11(6-4-10)7-17(2)8-12(19)14-15(13(20)9-18)24-16(21,22)23-14/h3-6,12-15,18-22H,7-9H2,1-2H3/q-1. The lowest BCUT2D eigenvalue weighted by Gasteiger charge is -2.31. The van der Waals surface area contributed by atoms with E-state index in [0.29, 0.717) is 6.54 Å². The fraction of sp³-hybridized carbons (Fsp3) is 0.600. The lowest BCUT2D eigenvalue weighted by molar-refractivity contribution is -0.0576. The van der Waals surface area contributed by atoms with Gasteiger partial charge in [-0.2, -0.15) is 0 Å². The van der Waals surface area contributed by atoms with Crippen LogP contribution >= 0.6 is 0 Å². The first-order valence-corrected chi connectivity index (χ1v) is 7.86. The van der Waals surface area contributed by atoms with Crippen LogP contribution in [0.15, 0.2) is 24.3 Å². The lowest BCUT2D eigenvalue weighted by Crippen LogP contribution is -2.47. The molecule has 0 aliphatic carbocycles. The summed E-state index contributed by atoms with van der Waals surface area (Å²) in [6.45, 7) is -1.49. The molecule has 4 unspecified atom stereocenters. The monoisotopic (exact) mass is 342 g/mol. The summed E-state index contributed by atoms with van der Waals surface area (Å²) in [6.07, 6.45) is -4.93. The third-order valence-electron chi connectivity index (χ3n) is 4.01. The highest BCUT2D eigenvalue weighted by Crippen LogP contribution is 2.26. The lowest BCUT2D eigenvalue weighted by atomic mass is 10.0. The molecule has 1 saturated heterocycles. The van der Waals surface area contributed by atoms with Gasteiger partial charge in [-0.25, -0.2) is 0 Å². The maximum Gasteiger partial charge on any atom is 0.527 e. The first-order chi connectivity index (χ1) is 11.2. The molecule has 1 aliphatic rings. The highest BCUT2D eigenvalue weighted by atomic mass is 16.8. The van der Waals surface area contributed by atoms with Gasteiger partial charge in [-0.3, -0.25) is 4.90 Å². The van der Waals surface area contributed by atoms with Gasteiger partial charge in [0.05, 0.1) is 24.9 Å². The number of aryl methyl sites for hydroxylation is 1. The maximum atomic E-state index is 10.3. The number of rotatable bonds is 7. The molecule has 1 aromatic carbocycles. The third kappa shape index (κ3) is 4.98. The number of aliphatic hydroxyl groups is 3. The fourth-order valence-corrected chi connectivity index (χ4v) is 2.81. The van der Waals surface area contributed by atoms with Gasteiger partial charge >= 0.3 is 6.96 Å². The van der Waals surface area contributed by atoms with Crippen LogP contribution in [0.25, 0.3) is 0 Å². The van der Waals surface area contributed by atoms with E-state index in [0.717, 1.165) is 11.1 Å². The van der Waals surface area contributed by atoms with E-state index in [2.05, 4.69) is 0 Å². The van der Waals surface area contributed by atoms with Gasteiger partial charge < -0.3 is 34.7 Å². The fourth-order valence-electron chi connectivity index (χ4n) is 2.81. The van der Waals surface area contributed by atoms with E-state index in [-0.39, 0.29) is 6.54 Å². The molecule has 24 heavy (non-hydrogen) atoms. The Labute approximate surface area is 140 Å². The van der Waals surface area contributed by atoms with Crippen LogP contribution in [0, 0.1) is 6.92 Å². The Kier molecular flexibility index (Phi) is 6.35. The van der Waals surface area contributed by atoms with Crippen molar-refractivity contribution in [1.82, 2.24) is 4.90 Å². The molecular weight excluding hydrogens is 317 g/mol. The zero-order valence-corrected chi connectivity index (χ0v) is 13.8. The number of hydrogen-bond donors (Lipinski definition) is 5. The van der Waals surface area contributed by atoms with Gasteiger partial charge in [0, 0.05) is 13.1 Å². The summed E-state index contributed by atoms with van der Waals surface area (Å²) in [5, 5.41) is 48.0. The third-order valence-corrected chi connectivity index (χ3v) is 4.01. The zero-order chi connectivity index (χ0) is 17.9. The summed E-state index contributed by atoms with van der Waals surface area (Å²) in [7, 11) is 1.80. The number of likely N-dealkylation sites (N-methyl/N-ethyl adjacent to an activating group) is 1. The van der Waals surface area contributed by atoms with Gasteiger partial charge in [-0.1, -0.05) is 29.8 Å². The van der Waals surface area contributed by atoms with E-state index in [1.807, 2.05) is 36.1 Å². The number of benzene rings is 1. The minimum atomic E-state index is -3.57. The van der Waals surface area contributed by atoms with Gasteiger partial charge in [0.25, 0.3) is 0 Å². The van der Waals surface area contributed by atoms with Crippen LogP contribution in [0.1, 0.15) is 11.1 Å². The topological polar surface area (TPSA) is 123 Å². The van der Waals surface area contributed by atoms with Crippen molar-refractivity contribution >= 4 is 6.96 Å². The predicted molar refractivity (Wildman–Crippen MR) is 86.6 cm³/mol. The molecule has 1 heterocycles. The molecular formula is C15H25BNO7-. The molecule has 4 atom stereocenters. The Morgan fingerprint density at radius 3 is 2.17 bits per heavy atom. The quantitative estimate of drug-likeness (QED) is 0.374. The van der Waals surface area contributed by atoms with Crippen molar-refractivity contribution in [3.05, 3.63) is 35.4 Å². The van der Waals surface area contributed by atoms with E-state index in [1.165, 1.54) is 0 Å². The Morgan fingerprint density at radius 1 is 1.08 bits per heavy atom. The van der Waals surface area contributed by atoms with Crippen molar-refractivity contribution in [3.63, 3.8) is 0 Å². The van der Waals surface area contributed by atoms with Crippen LogP contribution in [0.5, 0.6) is 0 Å². The summed E-state index contributed by atoms with van der Waals surface area (Å²) >= 11 is 0. The normalized spacial score (nSPS) is 25.8. The largest absolute Gasteiger partial charge is 0.533 e. The summed E-state index contributed by atoms with van der Waals surface area (Å²) in [5.41, 5.74) is 2.22. The van der Waals surface area contributed by atoms with Crippen molar-refractivity contribution in [2.45, 2.75) is 37.9 Å². The Balaban J connectivity index is 1.96. The molecule has 8 nitrogen and oxygen atoms in total. The second kappa shape index (κ2) is 7.90. The second-order valence-corrected chi connectivity index (χ2v) is 6.33. The van der Waals surface area contributed by atoms with Crippen LogP contribution in [-0.2, 0) is 15.9 Å². The molecule has 5 N–H and O–H groups in total. The van der Waals surface area contributed by atoms with E-state index in [4.69, 9.17) is 14.4 Å². The van der Waals surface area contributed by atoms with Crippen molar-refractivity contribution in [3.8, 4) is 0 Å². The molecule has 0 aromatic heterocycles. The van der Waals surface area contributed by atoms with Gasteiger partial charge in [0.1, 0.15) is 6.10 Å². The van der Waals surface area contributed by atoms with Gasteiger partial charge in [-0.05, 0) is 19.5 Å². The first-order valence-electron chi connectivity index (χ1n) is 7.86. The summed E-state index contributed by atoms with van der Waals surface area (Å²) in [4.78, 5) is 1.84. The van der Waals surface area contributed by atoms with E-state index in [9.17, 15) is 20.3 Å². The maximum absolute atomic E-state index is 10.3. The Bertz CT molecular complexity index is 527. The van der Waals surface area contributed by atoms with Gasteiger partial charge in [-0.15, -0.1) is 0 Å². The average Bonchev–Trinajstić information content (AvgIpc) is 2.84. The van der Waals surface area contributed by atoms with Crippen molar-refractivity contribution in [1.29, 1.82) is 0 Å². The van der Waals surface area contributed by atoms with Crippen LogP contribution in [0.2, 0.25) is 0 Å². The molecule has 9 heteroatoms. The van der Waals surface area contributed by atoms with Crippen molar-refractivity contribution < 1.29 is 34.7 Å². The van der Waals surface area contributed by atoms with Crippen LogP contribution < -0.4 is 0 Å². The smallest absolute Gasteiger partial charge is 0.527 e. The van der Waals surface area contributed by atoms with E-state index < -0.39 is 38.0 Å². The van der Waals surface area contributed by atoms with E-state index >= 15 is 0 Å².